The van der Waals surface area contributed by atoms with Crippen LogP contribution in [0.5, 0.6) is 5.75 Å². The zero-order valence-corrected chi connectivity index (χ0v) is 17.1. The highest BCUT2D eigenvalue weighted by Gasteiger charge is 2.24. The number of benzene rings is 1. The molecule has 0 spiro atoms. The summed E-state index contributed by atoms with van der Waals surface area (Å²) < 4.78 is 16.1. The summed E-state index contributed by atoms with van der Waals surface area (Å²) in [6.07, 6.45) is 7.95. The molecule has 1 N–H and O–H groups in total. The summed E-state index contributed by atoms with van der Waals surface area (Å²) >= 11 is 0. The molecule has 1 fully saturated rings. The predicted molar refractivity (Wildman–Crippen MR) is 115 cm³/mol. The van der Waals surface area contributed by atoms with Crippen molar-refractivity contribution in [1.29, 1.82) is 0 Å². The van der Waals surface area contributed by atoms with Crippen LogP contribution in [0.2, 0.25) is 0 Å². The van der Waals surface area contributed by atoms with Crippen LogP contribution in [0.3, 0.4) is 0 Å². The second-order valence-corrected chi connectivity index (χ2v) is 7.11. The number of nitrogens with zero attached hydrogens (tertiary/aromatic N) is 2. The molecule has 1 saturated heterocycles. The number of fused-ring (bicyclic) bond motifs is 1. The van der Waals surface area contributed by atoms with Gasteiger partial charge < -0.3 is 24.1 Å². The highest BCUT2D eigenvalue weighted by atomic mass is 16.5. The van der Waals surface area contributed by atoms with Gasteiger partial charge in [0.2, 0.25) is 5.91 Å². The number of para-hydroxylation sites is 1. The number of pyridine rings is 1. The molecular formula is C23H23N3O5. The quantitative estimate of drug-likeness (QED) is 0.486. The topological polar surface area (TPSA) is 93.8 Å². The van der Waals surface area contributed by atoms with Crippen molar-refractivity contribution in [2.75, 3.05) is 33.4 Å². The van der Waals surface area contributed by atoms with Gasteiger partial charge in [0, 0.05) is 35.9 Å². The molecule has 3 heterocycles. The van der Waals surface area contributed by atoms with Crippen LogP contribution in [0.1, 0.15) is 15.9 Å². The van der Waals surface area contributed by atoms with Gasteiger partial charge in [0.25, 0.3) is 0 Å². The Morgan fingerprint density at radius 3 is 3.06 bits per heavy atom. The third-order valence-electron chi connectivity index (χ3n) is 5.05. The molecule has 8 heteroatoms. The summed E-state index contributed by atoms with van der Waals surface area (Å²) in [5.74, 6) is -0.118. The Bertz CT molecular complexity index is 1110. The smallest absolute Gasteiger partial charge is 0.339 e. The van der Waals surface area contributed by atoms with Crippen molar-refractivity contribution in [3.8, 4) is 5.75 Å². The number of carbonyl (C=O) groups excluding carboxylic acids is 2. The molecule has 1 amide bonds. The first kappa shape index (κ1) is 20.6. The highest BCUT2D eigenvalue weighted by Crippen LogP contribution is 2.19. The van der Waals surface area contributed by atoms with Crippen LogP contribution < -0.4 is 4.74 Å². The van der Waals surface area contributed by atoms with Crippen molar-refractivity contribution in [3.05, 3.63) is 66.1 Å². The average Bonchev–Trinajstić information content (AvgIpc) is 3.24. The van der Waals surface area contributed by atoms with Gasteiger partial charge in [0.1, 0.15) is 18.5 Å². The molecule has 1 aliphatic heterocycles. The Hall–Kier alpha value is -3.65. The largest absolute Gasteiger partial charge is 0.489 e. The van der Waals surface area contributed by atoms with Crippen LogP contribution in [0.25, 0.3) is 17.0 Å². The molecule has 1 aromatic carbocycles. The minimum absolute atomic E-state index is 0.0760. The van der Waals surface area contributed by atoms with E-state index in [0.717, 1.165) is 16.5 Å². The first-order chi connectivity index (χ1) is 15.1. The fourth-order valence-electron chi connectivity index (χ4n) is 3.44. The maximum atomic E-state index is 12.7. The minimum atomic E-state index is -0.481. The van der Waals surface area contributed by atoms with Crippen molar-refractivity contribution in [2.45, 2.75) is 6.10 Å². The zero-order valence-electron chi connectivity index (χ0n) is 17.1. The van der Waals surface area contributed by atoms with Crippen molar-refractivity contribution >= 4 is 28.9 Å². The zero-order chi connectivity index (χ0) is 21.6. The van der Waals surface area contributed by atoms with Crippen LogP contribution in [0.15, 0.2) is 55.0 Å². The van der Waals surface area contributed by atoms with Gasteiger partial charge in [0.15, 0.2) is 0 Å². The lowest BCUT2D eigenvalue weighted by molar-refractivity contribution is -0.134. The summed E-state index contributed by atoms with van der Waals surface area (Å²) in [7, 11) is 1.31. The standard InChI is InChI=1S/C23H23N3O5/c1-29-23(28)17-10-18(13-24-11-17)31-15-19-14-26(8-9-30-19)22(27)7-6-16-12-25-21-5-3-2-4-20(16)21/h2-7,10-13,19,25H,8-9,14-15H2,1H3. The molecule has 1 atom stereocenters. The van der Waals surface area contributed by atoms with Gasteiger partial charge in [-0.3, -0.25) is 9.78 Å². The molecule has 160 valence electrons. The number of esters is 1. The van der Waals surface area contributed by atoms with Crippen LogP contribution in [-0.4, -0.2) is 66.3 Å². The number of rotatable bonds is 6. The Morgan fingerprint density at radius 2 is 2.19 bits per heavy atom. The van der Waals surface area contributed by atoms with Crippen LogP contribution in [0, 0.1) is 0 Å². The number of carbonyl (C=O) groups is 2. The van der Waals surface area contributed by atoms with E-state index in [4.69, 9.17) is 9.47 Å². The van der Waals surface area contributed by atoms with Crippen LogP contribution in [0.4, 0.5) is 0 Å². The fourth-order valence-corrected chi connectivity index (χ4v) is 3.44. The molecule has 4 rings (SSSR count). The van der Waals surface area contributed by atoms with E-state index in [2.05, 4.69) is 14.7 Å². The first-order valence-corrected chi connectivity index (χ1v) is 9.95. The van der Waals surface area contributed by atoms with E-state index in [9.17, 15) is 9.59 Å². The molecule has 0 saturated carbocycles. The van der Waals surface area contributed by atoms with E-state index in [0.29, 0.717) is 31.0 Å². The van der Waals surface area contributed by atoms with Crippen molar-refractivity contribution in [2.24, 2.45) is 0 Å². The van der Waals surface area contributed by atoms with E-state index in [1.807, 2.05) is 36.5 Å². The summed E-state index contributed by atoms with van der Waals surface area (Å²) in [5.41, 5.74) is 2.31. The molecule has 1 aliphatic rings. The number of aromatic amines is 1. The number of methoxy groups -OCH3 is 1. The predicted octanol–water partition coefficient (Wildman–Crippen LogP) is 2.67. The van der Waals surface area contributed by atoms with Gasteiger partial charge >= 0.3 is 5.97 Å². The minimum Gasteiger partial charge on any atom is -0.489 e. The molecule has 0 radical (unpaired) electrons. The second kappa shape index (κ2) is 9.44. The third kappa shape index (κ3) is 4.92. The normalized spacial score (nSPS) is 16.5. The molecule has 3 aromatic rings. The number of H-pyrrole nitrogens is 1. The fraction of sp³-hybridized carbons (Fsp3) is 0.261. The molecule has 1 unspecified atom stereocenters. The SMILES string of the molecule is COC(=O)c1cncc(OCC2CN(C(=O)C=Cc3c[nH]c4ccccc34)CCO2)c1. The van der Waals surface area contributed by atoms with Gasteiger partial charge in [0.05, 0.1) is 32.0 Å². The molecule has 8 nitrogen and oxygen atoms in total. The van der Waals surface area contributed by atoms with E-state index in [1.54, 1.807) is 17.0 Å². The second-order valence-electron chi connectivity index (χ2n) is 7.11. The van der Waals surface area contributed by atoms with Gasteiger partial charge in [-0.1, -0.05) is 18.2 Å². The number of ether oxygens (including phenoxy) is 3. The van der Waals surface area contributed by atoms with E-state index < -0.39 is 5.97 Å². The van der Waals surface area contributed by atoms with Gasteiger partial charge in [-0.25, -0.2) is 4.79 Å². The average molecular weight is 421 g/mol. The lowest BCUT2D eigenvalue weighted by Gasteiger charge is -2.32. The number of morpholine rings is 1. The molecular weight excluding hydrogens is 398 g/mol. The summed E-state index contributed by atoms with van der Waals surface area (Å²) in [6.45, 7) is 1.61. The number of aromatic nitrogens is 2. The van der Waals surface area contributed by atoms with E-state index in [1.165, 1.54) is 19.5 Å². The maximum Gasteiger partial charge on any atom is 0.339 e. The van der Waals surface area contributed by atoms with Gasteiger partial charge in [-0.2, -0.15) is 0 Å². The highest BCUT2D eigenvalue weighted by molar-refractivity contribution is 5.96. The Labute approximate surface area is 179 Å². The molecule has 0 bridgehead atoms. The first-order valence-electron chi connectivity index (χ1n) is 9.95. The van der Waals surface area contributed by atoms with Crippen molar-refractivity contribution < 1.29 is 23.8 Å². The Balaban J connectivity index is 1.34. The third-order valence-corrected chi connectivity index (χ3v) is 5.05. The Morgan fingerprint density at radius 1 is 1.32 bits per heavy atom. The number of hydrogen-bond donors (Lipinski definition) is 1. The summed E-state index contributed by atoms with van der Waals surface area (Å²) in [4.78, 5) is 33.2. The van der Waals surface area contributed by atoms with E-state index >= 15 is 0 Å². The summed E-state index contributed by atoms with van der Waals surface area (Å²) in [5, 5.41) is 1.07. The van der Waals surface area contributed by atoms with Crippen molar-refractivity contribution in [1.82, 2.24) is 14.9 Å². The van der Waals surface area contributed by atoms with Crippen LogP contribution in [-0.2, 0) is 14.3 Å². The van der Waals surface area contributed by atoms with Gasteiger partial charge in [-0.05, 0) is 23.8 Å². The van der Waals surface area contributed by atoms with Gasteiger partial charge in [-0.15, -0.1) is 0 Å². The number of amides is 1. The van der Waals surface area contributed by atoms with Crippen LogP contribution >= 0.6 is 0 Å². The number of hydrogen-bond acceptors (Lipinski definition) is 6. The van der Waals surface area contributed by atoms with Crippen molar-refractivity contribution in [3.63, 3.8) is 0 Å². The lowest BCUT2D eigenvalue weighted by atomic mass is 10.1. The molecule has 31 heavy (non-hydrogen) atoms. The van der Waals surface area contributed by atoms with E-state index in [-0.39, 0.29) is 18.6 Å². The lowest BCUT2D eigenvalue weighted by Crippen LogP contribution is -2.47. The monoisotopic (exact) mass is 421 g/mol. The number of nitrogens with one attached hydrogen (secondary N) is 1. The molecule has 0 aliphatic carbocycles. The Kier molecular flexibility index (Phi) is 6.28. The molecule has 2 aromatic heterocycles. The maximum absolute atomic E-state index is 12.7. The summed E-state index contributed by atoms with van der Waals surface area (Å²) in [6, 6.07) is 9.52.